The summed E-state index contributed by atoms with van der Waals surface area (Å²) in [6.45, 7) is 7.17. The number of rotatable bonds is 9. The highest BCUT2D eigenvalue weighted by Crippen LogP contribution is 2.17. The highest BCUT2D eigenvalue weighted by atomic mass is 16.5. The van der Waals surface area contributed by atoms with Crippen LogP contribution in [-0.2, 0) is 4.74 Å². The molecule has 2 N–H and O–H groups in total. The van der Waals surface area contributed by atoms with Crippen LogP contribution in [0.3, 0.4) is 0 Å². The fourth-order valence-corrected chi connectivity index (χ4v) is 2.19. The zero-order valence-corrected chi connectivity index (χ0v) is 10.8. The van der Waals surface area contributed by atoms with Crippen LogP contribution in [0.25, 0.3) is 0 Å². The zero-order valence-electron chi connectivity index (χ0n) is 10.8. The topological polar surface area (TPSA) is 38.5 Å². The van der Waals surface area contributed by atoms with Gasteiger partial charge in [0.1, 0.15) is 0 Å². The van der Waals surface area contributed by atoms with Crippen molar-refractivity contribution in [1.29, 1.82) is 0 Å². The third-order valence-electron chi connectivity index (χ3n) is 3.26. The first kappa shape index (κ1) is 14.9. The van der Waals surface area contributed by atoms with E-state index in [-0.39, 0.29) is 0 Å². The van der Waals surface area contributed by atoms with Gasteiger partial charge >= 0.3 is 0 Å². The number of hydrogen-bond donors (Lipinski definition) is 1. The van der Waals surface area contributed by atoms with E-state index in [1.54, 1.807) is 7.11 Å². The molecule has 0 aliphatic heterocycles. The van der Waals surface area contributed by atoms with Crippen LogP contribution in [-0.4, -0.2) is 44.8 Å². The normalized spacial score (nSPS) is 13.8. The van der Waals surface area contributed by atoms with E-state index in [4.69, 9.17) is 10.5 Å². The first-order valence-corrected chi connectivity index (χ1v) is 6.10. The monoisotopic (exact) mass is 216 g/mol. The van der Waals surface area contributed by atoms with Crippen molar-refractivity contribution in [2.45, 2.75) is 39.2 Å². The van der Waals surface area contributed by atoms with Crippen LogP contribution in [0, 0.1) is 5.92 Å². The molecule has 0 saturated heterocycles. The molecule has 0 radical (unpaired) electrons. The second-order valence-electron chi connectivity index (χ2n) is 4.21. The van der Waals surface area contributed by atoms with Crippen LogP contribution >= 0.6 is 0 Å². The average molecular weight is 216 g/mol. The van der Waals surface area contributed by atoms with Crippen molar-refractivity contribution < 1.29 is 4.74 Å². The lowest BCUT2D eigenvalue weighted by Crippen LogP contribution is -2.43. The summed E-state index contributed by atoms with van der Waals surface area (Å²) >= 11 is 0. The predicted octanol–water partition coefficient (Wildman–Crippen LogP) is 1.72. The summed E-state index contributed by atoms with van der Waals surface area (Å²) in [4.78, 5) is 2.39. The minimum absolute atomic E-state index is 0.525. The summed E-state index contributed by atoms with van der Waals surface area (Å²) in [5, 5.41) is 0. The molecular formula is C12H28N2O. The first-order valence-electron chi connectivity index (χ1n) is 6.10. The second kappa shape index (κ2) is 9.13. The van der Waals surface area contributed by atoms with Crippen LogP contribution in [0.4, 0.5) is 0 Å². The number of nitrogens with zero attached hydrogens (tertiary/aromatic N) is 1. The molecule has 0 aromatic heterocycles. The van der Waals surface area contributed by atoms with E-state index in [1.807, 2.05) is 0 Å². The Morgan fingerprint density at radius 1 is 1.27 bits per heavy atom. The quantitative estimate of drug-likeness (QED) is 0.596. The predicted molar refractivity (Wildman–Crippen MR) is 66.0 cm³/mol. The molecule has 3 heteroatoms. The highest BCUT2D eigenvalue weighted by molar-refractivity contribution is 4.77. The standard InChI is InChI=1S/C12H28N2O/c1-5-11(6-2)12(10-13)14(3)8-7-9-15-4/h11-12H,5-10,13H2,1-4H3. The molecule has 0 aromatic rings. The van der Waals surface area contributed by atoms with Crippen molar-refractivity contribution in [2.75, 3.05) is 33.9 Å². The van der Waals surface area contributed by atoms with E-state index in [0.29, 0.717) is 6.04 Å². The molecule has 0 fully saturated rings. The van der Waals surface area contributed by atoms with Gasteiger partial charge in [0, 0.05) is 32.8 Å². The summed E-state index contributed by atoms with van der Waals surface area (Å²) < 4.78 is 5.06. The Labute approximate surface area is 95.0 Å². The van der Waals surface area contributed by atoms with Crippen molar-refractivity contribution >= 4 is 0 Å². The number of ether oxygens (including phenoxy) is 1. The summed E-state index contributed by atoms with van der Waals surface area (Å²) in [6.07, 6.45) is 3.52. The Hall–Kier alpha value is -0.120. The van der Waals surface area contributed by atoms with E-state index in [1.165, 1.54) is 12.8 Å². The Morgan fingerprint density at radius 3 is 2.27 bits per heavy atom. The van der Waals surface area contributed by atoms with Crippen molar-refractivity contribution in [3.05, 3.63) is 0 Å². The number of methoxy groups -OCH3 is 1. The minimum atomic E-state index is 0.525. The van der Waals surface area contributed by atoms with Crippen molar-refractivity contribution in [3.63, 3.8) is 0 Å². The molecule has 1 unspecified atom stereocenters. The fraction of sp³-hybridized carbons (Fsp3) is 1.00. The molecule has 0 aliphatic rings. The Kier molecular flexibility index (Phi) is 9.06. The molecule has 3 nitrogen and oxygen atoms in total. The van der Waals surface area contributed by atoms with Gasteiger partial charge in [0.05, 0.1) is 0 Å². The lowest BCUT2D eigenvalue weighted by atomic mass is 9.93. The maximum absolute atomic E-state index is 5.86. The fourth-order valence-electron chi connectivity index (χ4n) is 2.19. The van der Waals surface area contributed by atoms with Gasteiger partial charge in [-0.2, -0.15) is 0 Å². The van der Waals surface area contributed by atoms with Gasteiger partial charge in [-0.05, 0) is 19.4 Å². The highest BCUT2D eigenvalue weighted by Gasteiger charge is 2.20. The first-order chi connectivity index (χ1) is 7.21. The van der Waals surface area contributed by atoms with Crippen LogP contribution in [0.1, 0.15) is 33.1 Å². The van der Waals surface area contributed by atoms with Gasteiger partial charge in [-0.15, -0.1) is 0 Å². The van der Waals surface area contributed by atoms with Crippen LogP contribution in [0.15, 0.2) is 0 Å². The van der Waals surface area contributed by atoms with Gasteiger partial charge in [0.15, 0.2) is 0 Å². The summed E-state index contributed by atoms with van der Waals surface area (Å²) in [7, 11) is 3.92. The molecule has 0 rings (SSSR count). The minimum Gasteiger partial charge on any atom is -0.385 e. The number of nitrogens with two attached hydrogens (primary N) is 1. The van der Waals surface area contributed by atoms with Gasteiger partial charge < -0.3 is 15.4 Å². The van der Waals surface area contributed by atoms with E-state index in [2.05, 4.69) is 25.8 Å². The third kappa shape index (κ3) is 5.50. The Balaban J connectivity index is 4.01. The second-order valence-corrected chi connectivity index (χ2v) is 4.21. The van der Waals surface area contributed by atoms with E-state index >= 15 is 0 Å². The van der Waals surface area contributed by atoms with Gasteiger partial charge in [-0.3, -0.25) is 0 Å². The van der Waals surface area contributed by atoms with Crippen LogP contribution in [0.5, 0.6) is 0 Å². The Bertz CT molecular complexity index is 138. The van der Waals surface area contributed by atoms with E-state index in [9.17, 15) is 0 Å². The molecule has 0 heterocycles. The molecular weight excluding hydrogens is 188 g/mol. The molecule has 0 bridgehead atoms. The molecule has 0 aliphatic carbocycles. The molecule has 0 aromatic carbocycles. The van der Waals surface area contributed by atoms with Crippen LogP contribution < -0.4 is 5.73 Å². The van der Waals surface area contributed by atoms with Crippen molar-refractivity contribution in [3.8, 4) is 0 Å². The summed E-state index contributed by atoms with van der Waals surface area (Å²) in [5.74, 6) is 0.725. The molecule has 92 valence electrons. The van der Waals surface area contributed by atoms with E-state index < -0.39 is 0 Å². The summed E-state index contributed by atoms with van der Waals surface area (Å²) in [5.41, 5.74) is 5.86. The SMILES string of the molecule is CCC(CC)C(CN)N(C)CCCOC. The Morgan fingerprint density at radius 2 is 1.87 bits per heavy atom. The third-order valence-corrected chi connectivity index (χ3v) is 3.26. The smallest absolute Gasteiger partial charge is 0.0474 e. The average Bonchev–Trinajstić information content (AvgIpc) is 2.25. The number of likely N-dealkylation sites (N-methyl/N-ethyl adjacent to an activating group) is 1. The van der Waals surface area contributed by atoms with Crippen molar-refractivity contribution in [2.24, 2.45) is 11.7 Å². The maximum Gasteiger partial charge on any atom is 0.0474 e. The molecule has 0 spiro atoms. The van der Waals surface area contributed by atoms with Gasteiger partial charge in [0.25, 0.3) is 0 Å². The molecule has 0 amide bonds. The lowest BCUT2D eigenvalue weighted by Gasteiger charge is -2.33. The molecule has 0 saturated carbocycles. The zero-order chi connectivity index (χ0) is 11.7. The molecule has 15 heavy (non-hydrogen) atoms. The van der Waals surface area contributed by atoms with Gasteiger partial charge in [-0.1, -0.05) is 26.7 Å². The largest absolute Gasteiger partial charge is 0.385 e. The van der Waals surface area contributed by atoms with Crippen molar-refractivity contribution in [1.82, 2.24) is 4.90 Å². The maximum atomic E-state index is 5.86. The van der Waals surface area contributed by atoms with Crippen LogP contribution in [0.2, 0.25) is 0 Å². The van der Waals surface area contributed by atoms with Gasteiger partial charge in [-0.25, -0.2) is 0 Å². The lowest BCUT2D eigenvalue weighted by molar-refractivity contribution is 0.140. The number of hydrogen-bond acceptors (Lipinski definition) is 3. The van der Waals surface area contributed by atoms with Gasteiger partial charge in [0.2, 0.25) is 0 Å². The van der Waals surface area contributed by atoms with E-state index in [0.717, 1.165) is 32.0 Å². The summed E-state index contributed by atoms with van der Waals surface area (Å²) in [6, 6.07) is 0.525. The molecule has 1 atom stereocenters.